The number of rotatable bonds is 10. The van der Waals surface area contributed by atoms with Crippen molar-refractivity contribution < 1.29 is 19.7 Å². The third kappa shape index (κ3) is 5.75. The Bertz CT molecular complexity index is 441. The van der Waals surface area contributed by atoms with E-state index >= 15 is 0 Å². The van der Waals surface area contributed by atoms with Crippen molar-refractivity contribution in [2.75, 3.05) is 53.1 Å². The van der Waals surface area contributed by atoms with Crippen molar-refractivity contribution in [1.29, 1.82) is 0 Å². The molecule has 6 nitrogen and oxygen atoms in total. The summed E-state index contributed by atoms with van der Waals surface area (Å²) in [7, 11) is 1.97. The maximum atomic E-state index is 8.83. The van der Waals surface area contributed by atoms with Crippen molar-refractivity contribution in [2.45, 2.75) is 18.6 Å². The minimum absolute atomic E-state index is 0.0232. The molecule has 0 bridgehead atoms. The highest BCUT2D eigenvalue weighted by atomic mass is 16.5. The van der Waals surface area contributed by atoms with Gasteiger partial charge in [-0.05, 0) is 31.2 Å². The molecule has 0 unspecified atom stereocenters. The Morgan fingerprint density at radius 3 is 2.61 bits per heavy atom. The van der Waals surface area contributed by atoms with Gasteiger partial charge < -0.3 is 25.0 Å². The van der Waals surface area contributed by atoms with E-state index < -0.39 is 0 Å². The first-order valence-corrected chi connectivity index (χ1v) is 8.22. The monoisotopic (exact) mass is 324 g/mol. The fraction of sp³-hybridized carbons (Fsp3) is 0.647. The molecule has 0 spiro atoms. The summed E-state index contributed by atoms with van der Waals surface area (Å²) in [5.74, 6) is 0.774. The zero-order chi connectivity index (χ0) is 16.5. The Hall–Kier alpha value is -1.18. The van der Waals surface area contributed by atoms with E-state index in [0.29, 0.717) is 13.2 Å². The van der Waals surface area contributed by atoms with Crippen molar-refractivity contribution in [1.82, 2.24) is 10.2 Å². The van der Waals surface area contributed by atoms with Crippen molar-refractivity contribution in [2.24, 2.45) is 0 Å². The average molecular weight is 324 g/mol. The minimum atomic E-state index is 0.0232. The third-order valence-electron chi connectivity index (χ3n) is 4.11. The summed E-state index contributed by atoms with van der Waals surface area (Å²) in [6.45, 7) is 3.70. The van der Waals surface area contributed by atoms with Crippen LogP contribution in [0.2, 0.25) is 0 Å². The number of hydrogen-bond acceptors (Lipinski definition) is 6. The molecule has 23 heavy (non-hydrogen) atoms. The summed E-state index contributed by atoms with van der Waals surface area (Å²) in [4.78, 5) is 2.39. The number of ether oxygens (including phenoxy) is 2. The lowest BCUT2D eigenvalue weighted by Gasteiger charge is -2.24. The number of likely N-dealkylation sites (N-methyl/N-ethyl adjacent to an activating group) is 1. The van der Waals surface area contributed by atoms with Crippen molar-refractivity contribution in [3.63, 3.8) is 0 Å². The van der Waals surface area contributed by atoms with Crippen LogP contribution in [0.4, 0.5) is 0 Å². The van der Waals surface area contributed by atoms with Gasteiger partial charge in [0, 0.05) is 25.7 Å². The summed E-state index contributed by atoms with van der Waals surface area (Å²) in [5.41, 5.74) is 1.21. The molecular formula is C17H28N2O4. The molecule has 0 saturated carbocycles. The first-order valence-electron chi connectivity index (χ1n) is 8.22. The van der Waals surface area contributed by atoms with E-state index in [-0.39, 0.29) is 25.4 Å². The van der Waals surface area contributed by atoms with Gasteiger partial charge in [-0.1, -0.05) is 12.1 Å². The molecule has 1 heterocycles. The first-order chi connectivity index (χ1) is 11.3. The maximum absolute atomic E-state index is 8.83. The molecule has 0 aliphatic carbocycles. The van der Waals surface area contributed by atoms with E-state index in [1.54, 1.807) is 0 Å². The van der Waals surface area contributed by atoms with Gasteiger partial charge >= 0.3 is 0 Å². The molecule has 3 N–H and O–H groups in total. The number of nitrogens with zero attached hydrogens (tertiary/aromatic N) is 1. The van der Waals surface area contributed by atoms with Crippen LogP contribution >= 0.6 is 0 Å². The number of nitrogens with one attached hydrogen (secondary N) is 1. The molecule has 0 aromatic heterocycles. The second-order valence-electron chi connectivity index (χ2n) is 5.75. The van der Waals surface area contributed by atoms with Crippen LogP contribution in [-0.4, -0.2) is 74.3 Å². The van der Waals surface area contributed by atoms with Gasteiger partial charge in [0.1, 0.15) is 12.4 Å². The fourth-order valence-corrected chi connectivity index (χ4v) is 2.90. The van der Waals surface area contributed by atoms with Gasteiger partial charge in [0.15, 0.2) is 0 Å². The van der Waals surface area contributed by atoms with E-state index in [9.17, 15) is 0 Å². The molecule has 1 aromatic carbocycles. The van der Waals surface area contributed by atoms with Crippen LogP contribution in [0, 0.1) is 0 Å². The van der Waals surface area contributed by atoms with E-state index in [2.05, 4.69) is 22.3 Å². The van der Waals surface area contributed by atoms with Gasteiger partial charge in [0.25, 0.3) is 0 Å². The Balaban J connectivity index is 1.85. The predicted octanol–water partition coefficient (Wildman–Crippen LogP) is 0.401. The second kappa shape index (κ2) is 9.85. The molecule has 1 aliphatic heterocycles. The van der Waals surface area contributed by atoms with E-state index in [1.165, 1.54) is 5.56 Å². The van der Waals surface area contributed by atoms with Crippen LogP contribution in [0.1, 0.15) is 18.0 Å². The molecular weight excluding hydrogens is 296 g/mol. The van der Waals surface area contributed by atoms with Gasteiger partial charge in [0.05, 0.1) is 25.9 Å². The van der Waals surface area contributed by atoms with Crippen molar-refractivity contribution in [3.8, 4) is 5.75 Å². The lowest BCUT2D eigenvalue weighted by molar-refractivity contribution is 0.0337. The summed E-state index contributed by atoms with van der Waals surface area (Å²) >= 11 is 0. The minimum Gasteiger partial charge on any atom is -0.491 e. The predicted molar refractivity (Wildman–Crippen MR) is 88.7 cm³/mol. The Morgan fingerprint density at radius 1 is 1.22 bits per heavy atom. The highest BCUT2D eigenvalue weighted by Crippen LogP contribution is 2.21. The number of aliphatic hydroxyl groups is 2. The largest absolute Gasteiger partial charge is 0.491 e. The fourth-order valence-electron chi connectivity index (χ4n) is 2.90. The highest BCUT2D eigenvalue weighted by Gasteiger charge is 2.25. The molecule has 2 rings (SSSR count). The van der Waals surface area contributed by atoms with Gasteiger partial charge in [-0.15, -0.1) is 0 Å². The molecule has 1 saturated heterocycles. The zero-order valence-corrected chi connectivity index (χ0v) is 13.8. The normalized spacial score (nSPS) is 19.9. The van der Waals surface area contributed by atoms with Crippen molar-refractivity contribution in [3.05, 3.63) is 29.8 Å². The van der Waals surface area contributed by atoms with Crippen LogP contribution in [0.3, 0.4) is 0 Å². The average Bonchev–Trinajstić information content (AvgIpc) is 3.04. The molecule has 0 radical (unpaired) electrons. The smallest absolute Gasteiger partial charge is 0.119 e. The van der Waals surface area contributed by atoms with Gasteiger partial charge in [-0.2, -0.15) is 0 Å². The summed E-state index contributed by atoms with van der Waals surface area (Å²) in [6.07, 6.45) is 1.25. The zero-order valence-electron chi connectivity index (χ0n) is 13.8. The van der Waals surface area contributed by atoms with Gasteiger partial charge in [-0.25, -0.2) is 0 Å². The van der Waals surface area contributed by atoms with Crippen LogP contribution in [0.25, 0.3) is 0 Å². The number of hydrogen-bond donors (Lipinski definition) is 3. The first kappa shape index (κ1) is 18.2. The molecule has 2 atom stereocenters. The third-order valence-corrected chi connectivity index (χ3v) is 4.11. The highest BCUT2D eigenvalue weighted by molar-refractivity contribution is 5.29. The summed E-state index contributed by atoms with van der Waals surface area (Å²) in [6, 6.07) is 8.24. The van der Waals surface area contributed by atoms with Crippen LogP contribution in [0.15, 0.2) is 24.3 Å². The molecule has 130 valence electrons. The van der Waals surface area contributed by atoms with E-state index in [1.807, 2.05) is 19.2 Å². The number of benzene rings is 1. The maximum Gasteiger partial charge on any atom is 0.119 e. The van der Waals surface area contributed by atoms with E-state index in [4.69, 9.17) is 19.7 Å². The molecule has 0 amide bonds. The summed E-state index contributed by atoms with van der Waals surface area (Å²) < 4.78 is 11.0. The second-order valence-corrected chi connectivity index (χ2v) is 5.75. The Kier molecular flexibility index (Phi) is 7.78. The van der Waals surface area contributed by atoms with Crippen molar-refractivity contribution >= 4 is 0 Å². The SMILES string of the molecule is CN[C@H](CN1CC[C@H](OCCO)C1)c1ccc(OCCO)cc1. The van der Waals surface area contributed by atoms with E-state index in [0.717, 1.165) is 31.8 Å². The molecule has 6 heteroatoms. The number of likely N-dealkylation sites (tertiary alicyclic amines) is 1. The van der Waals surface area contributed by atoms with Crippen LogP contribution in [-0.2, 0) is 4.74 Å². The van der Waals surface area contributed by atoms with Gasteiger partial charge in [-0.3, -0.25) is 4.90 Å². The molecule has 1 fully saturated rings. The number of aliphatic hydroxyl groups excluding tert-OH is 2. The Labute approximate surface area is 138 Å². The molecule has 1 aromatic rings. The van der Waals surface area contributed by atoms with Crippen LogP contribution in [0.5, 0.6) is 5.75 Å². The standard InChI is InChI=1S/C17H28N2O4/c1-18-17(13-19-7-6-16(12-19)23-11-9-21)14-2-4-15(5-3-14)22-10-8-20/h2-5,16-18,20-21H,6-13H2,1H3/t16-,17+/m0/s1. The van der Waals surface area contributed by atoms with Gasteiger partial charge in [0.2, 0.25) is 0 Å². The Morgan fingerprint density at radius 2 is 1.96 bits per heavy atom. The van der Waals surface area contributed by atoms with Crippen LogP contribution < -0.4 is 10.1 Å². The lowest BCUT2D eigenvalue weighted by atomic mass is 10.1. The summed E-state index contributed by atoms with van der Waals surface area (Å²) in [5, 5.41) is 21.0. The molecule has 1 aliphatic rings. The lowest BCUT2D eigenvalue weighted by Crippen LogP contribution is -2.33. The topological polar surface area (TPSA) is 74.2 Å². The quantitative estimate of drug-likeness (QED) is 0.579.